The Morgan fingerprint density at radius 3 is 2.45 bits per heavy atom. The quantitative estimate of drug-likeness (QED) is 0.0734. The monoisotopic (exact) mass is 830 g/mol. The lowest BCUT2D eigenvalue weighted by atomic mass is 9.91. The minimum atomic E-state index is -0.372. The second-order valence-corrected chi connectivity index (χ2v) is 17.0. The summed E-state index contributed by atoms with van der Waals surface area (Å²) in [5, 5.41) is 8.00. The van der Waals surface area contributed by atoms with Gasteiger partial charge in [-0.25, -0.2) is 13.7 Å². The van der Waals surface area contributed by atoms with Crippen molar-refractivity contribution in [2.75, 3.05) is 79.2 Å². The molecule has 2 fully saturated rings. The molecule has 0 amide bonds. The highest BCUT2D eigenvalue weighted by Crippen LogP contribution is 2.34. The molecule has 0 aliphatic carbocycles. The first-order valence-corrected chi connectivity index (χ1v) is 21.9. The van der Waals surface area contributed by atoms with Gasteiger partial charge in [-0.3, -0.25) is 5.43 Å². The van der Waals surface area contributed by atoms with E-state index in [2.05, 4.69) is 105 Å². The van der Waals surface area contributed by atoms with Gasteiger partial charge in [0.15, 0.2) is 5.82 Å². The molecule has 318 valence electrons. The number of piperidine rings is 1. The normalized spacial score (nSPS) is 17.6. The molecule has 5 N–H and O–H groups in total. The van der Waals surface area contributed by atoms with E-state index >= 15 is 4.39 Å². The molecular weight excluding hydrogens is 768 g/mol. The number of nitrogens with one attached hydrogen (secondary N) is 3. The summed E-state index contributed by atoms with van der Waals surface area (Å²) in [7, 11) is 1.94. The zero-order chi connectivity index (χ0) is 42.6. The number of benzene rings is 2. The summed E-state index contributed by atoms with van der Waals surface area (Å²) in [4.78, 5) is 12.2. The second kappa shape index (κ2) is 21.3. The molecule has 2 aromatic carbocycles. The Morgan fingerprint density at radius 1 is 1.02 bits per heavy atom. The maximum Gasteiger partial charge on any atom is 0.154 e. The Hall–Kier alpha value is -5.30. The smallest absolute Gasteiger partial charge is 0.154 e. The minimum Gasteiger partial charge on any atom is -0.383 e. The SMILES string of the molecule is C=C(CN)CCC(C)Nc1ccc(N2CCC(CC(=C)N3CCN(c4ccc(C5=CC(=C)/C(C(=C)c6cccc(NSN(C)CC)c6F)=C\NN=C5)cn4)CC3)CC2)cc1. The molecule has 3 aliphatic heterocycles. The van der Waals surface area contributed by atoms with Gasteiger partial charge < -0.3 is 30.5 Å². The van der Waals surface area contributed by atoms with Crippen LogP contribution >= 0.6 is 12.1 Å². The highest BCUT2D eigenvalue weighted by molar-refractivity contribution is 7.98. The molecule has 2 saturated heterocycles. The van der Waals surface area contributed by atoms with Gasteiger partial charge in [-0.15, -0.1) is 0 Å². The first kappa shape index (κ1) is 44.3. The van der Waals surface area contributed by atoms with Crippen molar-refractivity contribution in [2.45, 2.75) is 52.0 Å². The molecule has 0 spiro atoms. The number of allylic oxidation sites excluding steroid dienone is 6. The molecular formula is C48H63FN10S. The van der Waals surface area contributed by atoms with Gasteiger partial charge in [0.1, 0.15) is 5.82 Å². The second-order valence-electron chi connectivity index (χ2n) is 16.0. The van der Waals surface area contributed by atoms with Crippen LogP contribution in [0.1, 0.15) is 57.1 Å². The number of halogens is 1. The average Bonchev–Trinajstić information content (AvgIpc) is 3.27. The molecule has 0 saturated carbocycles. The van der Waals surface area contributed by atoms with Crippen LogP contribution in [-0.2, 0) is 0 Å². The Bertz CT molecular complexity index is 2060. The van der Waals surface area contributed by atoms with E-state index in [1.165, 1.54) is 36.4 Å². The van der Waals surface area contributed by atoms with E-state index in [4.69, 9.17) is 10.7 Å². The largest absolute Gasteiger partial charge is 0.383 e. The first-order valence-electron chi connectivity index (χ1n) is 21.2. The lowest BCUT2D eigenvalue weighted by Gasteiger charge is -2.39. The Kier molecular flexibility index (Phi) is 15.7. The highest BCUT2D eigenvalue weighted by atomic mass is 32.2. The third-order valence-electron chi connectivity index (χ3n) is 11.7. The zero-order valence-corrected chi connectivity index (χ0v) is 36.5. The average molecular weight is 831 g/mol. The van der Waals surface area contributed by atoms with Crippen molar-refractivity contribution in [1.29, 1.82) is 0 Å². The molecule has 3 aromatic rings. The predicted molar refractivity (Wildman–Crippen MR) is 255 cm³/mol. The molecule has 3 aliphatic rings. The van der Waals surface area contributed by atoms with E-state index in [1.54, 1.807) is 24.5 Å². The van der Waals surface area contributed by atoms with Gasteiger partial charge in [0.25, 0.3) is 0 Å². The lowest BCUT2D eigenvalue weighted by molar-refractivity contribution is 0.285. The summed E-state index contributed by atoms with van der Waals surface area (Å²) in [5.41, 5.74) is 17.9. The van der Waals surface area contributed by atoms with Crippen LogP contribution in [0.5, 0.6) is 0 Å². The molecule has 1 aromatic heterocycles. The Balaban J connectivity index is 0.958. The van der Waals surface area contributed by atoms with Crippen molar-refractivity contribution < 1.29 is 4.39 Å². The van der Waals surface area contributed by atoms with Gasteiger partial charge in [-0.05, 0) is 112 Å². The number of aromatic nitrogens is 1. The van der Waals surface area contributed by atoms with Crippen molar-refractivity contribution in [3.05, 3.63) is 139 Å². The number of hydrogen-bond donors (Lipinski definition) is 4. The van der Waals surface area contributed by atoms with Crippen LogP contribution in [0.4, 0.5) is 27.3 Å². The van der Waals surface area contributed by atoms with E-state index in [9.17, 15) is 0 Å². The van der Waals surface area contributed by atoms with Gasteiger partial charge in [0.05, 0.1) is 11.9 Å². The molecule has 1 unspecified atom stereocenters. The van der Waals surface area contributed by atoms with E-state index < -0.39 is 0 Å². The molecule has 4 heterocycles. The number of hydrazone groups is 1. The van der Waals surface area contributed by atoms with Crippen LogP contribution in [0.25, 0.3) is 11.1 Å². The van der Waals surface area contributed by atoms with Gasteiger partial charge in [-0.1, -0.05) is 50.9 Å². The van der Waals surface area contributed by atoms with Crippen LogP contribution in [0.3, 0.4) is 0 Å². The van der Waals surface area contributed by atoms with Gasteiger partial charge in [-0.2, -0.15) is 5.10 Å². The summed E-state index contributed by atoms with van der Waals surface area (Å²) in [5.74, 6) is 1.23. The number of nitrogens with zero attached hydrogens (tertiary/aromatic N) is 6. The van der Waals surface area contributed by atoms with Crippen molar-refractivity contribution in [1.82, 2.24) is 19.6 Å². The van der Waals surface area contributed by atoms with E-state index in [0.29, 0.717) is 46.5 Å². The maximum atomic E-state index is 15.7. The standard InChI is InChI=1S/C48H63FN10S/c1-8-56(7)60-55-46-11-9-10-44(48(46)49)38(6)45-33-53-52-32-41(28-35(45)3)40-14-19-47(51-31-40)59-26-24-57(25-27-59)37(5)29-39-20-22-58(23-21-39)43-17-15-42(16-18-43)54-36(4)13-12-34(2)30-50/h9-11,14-19,28,31-33,36,39,53-55H,2-3,5-6,8,12-13,20-27,29-30,50H2,1,4,7H3/b41-28?,45-33+,52-32?. The number of nitrogens with two attached hydrogens (primary N) is 1. The van der Waals surface area contributed by atoms with Gasteiger partial charge >= 0.3 is 0 Å². The molecule has 60 heavy (non-hydrogen) atoms. The zero-order valence-electron chi connectivity index (χ0n) is 35.7. The van der Waals surface area contributed by atoms with Crippen molar-refractivity contribution in [2.24, 2.45) is 16.8 Å². The molecule has 1 atom stereocenters. The van der Waals surface area contributed by atoms with E-state index in [-0.39, 0.29) is 5.82 Å². The summed E-state index contributed by atoms with van der Waals surface area (Å²) >= 11 is 1.34. The van der Waals surface area contributed by atoms with Crippen LogP contribution in [0.2, 0.25) is 0 Å². The molecule has 10 nitrogen and oxygen atoms in total. The number of pyridine rings is 1. The third-order valence-corrected chi connectivity index (χ3v) is 12.6. The predicted octanol–water partition coefficient (Wildman–Crippen LogP) is 9.31. The summed E-state index contributed by atoms with van der Waals surface area (Å²) in [6, 6.07) is 18.7. The van der Waals surface area contributed by atoms with Crippen LogP contribution in [0.15, 0.2) is 127 Å². The van der Waals surface area contributed by atoms with Gasteiger partial charge in [0, 0.05) is 122 Å². The Labute approximate surface area is 361 Å². The van der Waals surface area contributed by atoms with Crippen molar-refractivity contribution in [3.63, 3.8) is 0 Å². The van der Waals surface area contributed by atoms with E-state index in [0.717, 1.165) is 93.3 Å². The summed E-state index contributed by atoms with van der Waals surface area (Å²) < 4.78 is 20.7. The fraction of sp³-hybridized carbons (Fsp3) is 0.375. The van der Waals surface area contributed by atoms with Crippen LogP contribution in [-0.4, -0.2) is 85.9 Å². The minimum absolute atomic E-state index is 0.371. The fourth-order valence-electron chi connectivity index (χ4n) is 7.72. The lowest BCUT2D eigenvalue weighted by Crippen LogP contribution is -2.46. The third kappa shape index (κ3) is 11.7. The molecule has 6 rings (SSSR count). The number of rotatable bonds is 18. The van der Waals surface area contributed by atoms with Crippen LogP contribution < -0.4 is 31.0 Å². The Morgan fingerprint density at radius 2 is 1.77 bits per heavy atom. The number of anilines is 4. The van der Waals surface area contributed by atoms with Crippen LogP contribution in [0, 0.1) is 11.7 Å². The number of piperazine rings is 1. The molecule has 0 bridgehead atoms. The van der Waals surface area contributed by atoms with Crippen molar-refractivity contribution in [3.8, 4) is 0 Å². The summed E-state index contributed by atoms with van der Waals surface area (Å²) in [6.45, 7) is 28.5. The first-order chi connectivity index (χ1) is 29.0. The van der Waals surface area contributed by atoms with E-state index in [1.807, 2.05) is 36.6 Å². The maximum absolute atomic E-state index is 15.7. The van der Waals surface area contributed by atoms with Crippen molar-refractivity contribution >= 4 is 52.4 Å². The highest BCUT2D eigenvalue weighted by Gasteiger charge is 2.25. The fourth-order valence-corrected chi connectivity index (χ4v) is 8.27. The topological polar surface area (TPSA) is 100 Å². The number of hydrogen-bond acceptors (Lipinski definition) is 11. The van der Waals surface area contributed by atoms with Gasteiger partial charge in [0.2, 0.25) is 0 Å². The molecule has 0 radical (unpaired) electrons. The molecule has 12 heteroatoms. The summed E-state index contributed by atoms with van der Waals surface area (Å²) in [6.07, 6.45) is 12.7.